The molecule has 0 fully saturated rings. The zero-order chi connectivity index (χ0) is 30.6. The Morgan fingerprint density at radius 2 is 1.00 bits per heavy atom. The smallest absolute Gasteiger partial charge is 0.260 e. The quantitative estimate of drug-likeness (QED) is 0.186. The number of nitrogens with zero attached hydrogens (tertiary/aromatic N) is 1. The standard InChI is InChI=1S/C42H24BNO3/c1-5-13-34-28(9-1)30-21-25(26-18-20-37-31(22-26)29-10-2-6-14-36(29)45-37)17-19-35(30)44(34)27-23-40-42-41(24-27)47-39-16-8-4-12-33(39)43(42)32-11-3-7-15-38(32)46-40/h1-24H. The first-order valence-corrected chi connectivity index (χ1v) is 16.0. The van der Waals surface area contributed by atoms with E-state index in [0.29, 0.717) is 0 Å². The highest BCUT2D eigenvalue weighted by Crippen LogP contribution is 2.41. The summed E-state index contributed by atoms with van der Waals surface area (Å²) in [6.45, 7) is 0.0503. The molecular weight excluding hydrogens is 577 g/mol. The molecule has 0 aliphatic carbocycles. The summed E-state index contributed by atoms with van der Waals surface area (Å²) in [4.78, 5) is 0. The van der Waals surface area contributed by atoms with Crippen LogP contribution in [-0.4, -0.2) is 11.3 Å². The third kappa shape index (κ3) is 3.48. The van der Waals surface area contributed by atoms with E-state index >= 15 is 0 Å². The summed E-state index contributed by atoms with van der Waals surface area (Å²) in [6, 6.07) is 51.2. The second-order valence-corrected chi connectivity index (χ2v) is 12.5. The van der Waals surface area contributed by atoms with Crippen molar-refractivity contribution < 1.29 is 13.9 Å². The van der Waals surface area contributed by atoms with Crippen molar-refractivity contribution in [3.05, 3.63) is 146 Å². The third-order valence-electron chi connectivity index (χ3n) is 9.92. The van der Waals surface area contributed by atoms with Gasteiger partial charge in [-0.1, -0.05) is 84.9 Å². The van der Waals surface area contributed by atoms with Crippen molar-refractivity contribution in [1.29, 1.82) is 0 Å². The van der Waals surface area contributed by atoms with Crippen LogP contribution in [0.2, 0.25) is 0 Å². The molecule has 4 heterocycles. The predicted molar refractivity (Wildman–Crippen MR) is 191 cm³/mol. The summed E-state index contributed by atoms with van der Waals surface area (Å²) in [7, 11) is 0. The fourth-order valence-electron chi connectivity index (χ4n) is 7.85. The van der Waals surface area contributed by atoms with E-state index in [1.165, 1.54) is 10.8 Å². The maximum Gasteiger partial charge on any atom is 0.260 e. The van der Waals surface area contributed by atoms with Crippen LogP contribution in [0.25, 0.3) is 60.6 Å². The lowest BCUT2D eigenvalue weighted by atomic mass is 9.35. The van der Waals surface area contributed by atoms with Gasteiger partial charge in [0.2, 0.25) is 0 Å². The highest BCUT2D eigenvalue weighted by molar-refractivity contribution is 6.98. The van der Waals surface area contributed by atoms with E-state index in [0.717, 1.165) is 89.2 Å². The van der Waals surface area contributed by atoms with Gasteiger partial charge in [0.05, 0.1) is 16.7 Å². The molecule has 7 aromatic carbocycles. The van der Waals surface area contributed by atoms with E-state index in [1.54, 1.807) is 0 Å². The van der Waals surface area contributed by atoms with Crippen molar-refractivity contribution in [3.8, 4) is 39.8 Å². The van der Waals surface area contributed by atoms with Crippen molar-refractivity contribution >= 4 is 66.8 Å². The highest BCUT2D eigenvalue weighted by Gasteiger charge is 2.40. The van der Waals surface area contributed by atoms with Crippen LogP contribution in [-0.2, 0) is 0 Å². The molecule has 2 aromatic heterocycles. The Bertz CT molecular complexity index is 2700. The van der Waals surface area contributed by atoms with Crippen LogP contribution >= 0.6 is 0 Å². The molecule has 0 radical (unpaired) electrons. The Hall–Kier alpha value is -6.20. The number of fused-ring (bicyclic) bond motifs is 10. The van der Waals surface area contributed by atoms with E-state index < -0.39 is 0 Å². The van der Waals surface area contributed by atoms with Crippen molar-refractivity contribution in [1.82, 2.24) is 4.57 Å². The van der Waals surface area contributed by atoms with Crippen molar-refractivity contribution in [3.63, 3.8) is 0 Å². The summed E-state index contributed by atoms with van der Waals surface area (Å²) >= 11 is 0. The van der Waals surface area contributed by atoms with Gasteiger partial charge in [-0.05, 0) is 70.6 Å². The average molecular weight is 601 g/mol. The number of rotatable bonds is 2. The number of ether oxygens (including phenoxy) is 2. The van der Waals surface area contributed by atoms with Crippen LogP contribution in [0.1, 0.15) is 0 Å². The Balaban J connectivity index is 1.12. The van der Waals surface area contributed by atoms with Gasteiger partial charge in [0.25, 0.3) is 6.71 Å². The van der Waals surface area contributed by atoms with Gasteiger partial charge in [0, 0.05) is 39.1 Å². The maximum atomic E-state index is 6.64. The molecule has 4 nitrogen and oxygen atoms in total. The number of para-hydroxylation sites is 4. The summed E-state index contributed by atoms with van der Waals surface area (Å²) in [5.74, 6) is 3.44. The van der Waals surface area contributed by atoms with Crippen LogP contribution in [0.3, 0.4) is 0 Å². The first kappa shape index (κ1) is 25.0. The number of hydrogen-bond donors (Lipinski definition) is 0. The number of benzene rings is 7. The van der Waals surface area contributed by atoms with Crippen LogP contribution < -0.4 is 25.9 Å². The molecule has 0 spiro atoms. The molecule has 0 saturated carbocycles. The third-order valence-corrected chi connectivity index (χ3v) is 9.92. The normalized spacial score (nSPS) is 13.0. The first-order chi connectivity index (χ1) is 23.3. The topological polar surface area (TPSA) is 36.5 Å². The molecule has 0 bridgehead atoms. The van der Waals surface area contributed by atoms with Gasteiger partial charge in [-0.2, -0.15) is 0 Å². The van der Waals surface area contributed by atoms with Crippen LogP contribution in [0, 0.1) is 0 Å². The van der Waals surface area contributed by atoms with Gasteiger partial charge < -0.3 is 18.5 Å². The van der Waals surface area contributed by atoms with Gasteiger partial charge in [-0.15, -0.1) is 0 Å². The minimum atomic E-state index is 0.0503. The Morgan fingerprint density at radius 3 is 1.77 bits per heavy atom. The van der Waals surface area contributed by atoms with Gasteiger partial charge in [0.1, 0.15) is 34.2 Å². The van der Waals surface area contributed by atoms with Crippen LogP contribution in [0.15, 0.2) is 150 Å². The van der Waals surface area contributed by atoms with E-state index in [1.807, 2.05) is 24.3 Å². The van der Waals surface area contributed by atoms with Gasteiger partial charge in [-0.25, -0.2) is 0 Å². The predicted octanol–water partition coefficient (Wildman–Crippen LogP) is 9.08. The minimum Gasteiger partial charge on any atom is -0.458 e. The Kier molecular flexibility index (Phi) is 4.89. The fourth-order valence-corrected chi connectivity index (χ4v) is 7.85. The van der Waals surface area contributed by atoms with E-state index in [4.69, 9.17) is 13.9 Å². The molecule has 2 aliphatic heterocycles. The summed E-state index contributed by atoms with van der Waals surface area (Å²) in [5.41, 5.74) is 10.8. The first-order valence-electron chi connectivity index (χ1n) is 16.0. The number of aromatic nitrogens is 1. The molecule has 0 atom stereocenters. The summed E-state index contributed by atoms with van der Waals surface area (Å²) < 4.78 is 21.7. The number of furan rings is 1. The second-order valence-electron chi connectivity index (χ2n) is 12.5. The molecule has 218 valence electrons. The second kappa shape index (κ2) is 9.18. The summed E-state index contributed by atoms with van der Waals surface area (Å²) in [6.07, 6.45) is 0. The maximum absolute atomic E-state index is 6.64. The minimum absolute atomic E-state index is 0.0503. The monoisotopic (exact) mass is 601 g/mol. The van der Waals surface area contributed by atoms with Gasteiger partial charge >= 0.3 is 0 Å². The summed E-state index contributed by atoms with van der Waals surface area (Å²) in [5, 5.41) is 4.65. The lowest BCUT2D eigenvalue weighted by Crippen LogP contribution is -2.57. The molecule has 11 rings (SSSR count). The molecule has 5 heteroatoms. The zero-order valence-electron chi connectivity index (χ0n) is 25.1. The van der Waals surface area contributed by atoms with Crippen LogP contribution in [0.4, 0.5) is 0 Å². The fraction of sp³-hybridized carbons (Fsp3) is 0. The lowest BCUT2D eigenvalue weighted by molar-refractivity contribution is 0.464. The largest absolute Gasteiger partial charge is 0.458 e. The van der Waals surface area contributed by atoms with Crippen LogP contribution in [0.5, 0.6) is 23.0 Å². The SMILES string of the molecule is c1ccc2c(c1)Oc1cc(-n3c4ccccc4c4cc(-c5ccc6oc7ccccc7c6c5)ccc43)cc3c1B2c1ccccc1O3. The molecule has 0 amide bonds. The zero-order valence-corrected chi connectivity index (χ0v) is 25.1. The molecule has 0 N–H and O–H groups in total. The lowest BCUT2D eigenvalue weighted by Gasteiger charge is -2.33. The van der Waals surface area contributed by atoms with Gasteiger partial charge in [-0.3, -0.25) is 0 Å². The Labute approximate surface area is 270 Å². The molecular formula is C42H24BNO3. The number of hydrogen-bond acceptors (Lipinski definition) is 3. The highest BCUT2D eigenvalue weighted by atomic mass is 16.5. The molecule has 0 unspecified atom stereocenters. The Morgan fingerprint density at radius 1 is 0.426 bits per heavy atom. The average Bonchev–Trinajstić information content (AvgIpc) is 3.66. The van der Waals surface area contributed by atoms with Crippen molar-refractivity contribution in [2.75, 3.05) is 0 Å². The molecule has 2 aliphatic rings. The van der Waals surface area contributed by atoms with Crippen molar-refractivity contribution in [2.45, 2.75) is 0 Å². The molecule has 9 aromatic rings. The van der Waals surface area contributed by atoms with Crippen molar-refractivity contribution in [2.24, 2.45) is 0 Å². The van der Waals surface area contributed by atoms with E-state index in [-0.39, 0.29) is 6.71 Å². The van der Waals surface area contributed by atoms with E-state index in [2.05, 4.69) is 126 Å². The molecule has 0 saturated heterocycles. The van der Waals surface area contributed by atoms with Gasteiger partial charge in [0.15, 0.2) is 0 Å². The molecule has 47 heavy (non-hydrogen) atoms. The van der Waals surface area contributed by atoms with E-state index in [9.17, 15) is 0 Å².